The molecule has 1 N–H and O–H groups in total. The maximum absolute atomic E-state index is 10.0. The molecule has 0 saturated carbocycles. The fourth-order valence-corrected chi connectivity index (χ4v) is 4.83. The van der Waals surface area contributed by atoms with E-state index in [0.29, 0.717) is 0 Å². The first-order valence-electron chi connectivity index (χ1n) is 10.2. The Hall–Kier alpha value is -0.463. The van der Waals surface area contributed by atoms with E-state index in [1.54, 1.807) is 7.11 Å². The highest BCUT2D eigenvalue weighted by molar-refractivity contribution is 6.74. The van der Waals surface area contributed by atoms with Gasteiger partial charge >= 0.3 is 0 Å². The Labute approximate surface area is 178 Å². The standard InChI is InChI=1S/C22H42O6Si/c1-13-22(9,28-29(11,12)19(2,3)4)18-16(26-21(7,8)27-18)17(25-15-24-10)20(5,6)14-23/h1,16-18,23H,14-15H2,2-12H3/t16-,17-,18-,22-/m1/s1. The molecule has 7 heteroatoms. The number of aliphatic hydroxyl groups excluding tert-OH is 1. The summed E-state index contributed by atoms with van der Waals surface area (Å²) in [5, 5.41) is 9.99. The van der Waals surface area contributed by atoms with Gasteiger partial charge in [-0.15, -0.1) is 6.42 Å². The highest BCUT2D eigenvalue weighted by atomic mass is 28.4. The van der Waals surface area contributed by atoms with E-state index in [4.69, 9.17) is 29.8 Å². The number of hydrogen-bond acceptors (Lipinski definition) is 6. The fraction of sp³-hybridized carbons (Fsp3) is 0.909. The van der Waals surface area contributed by atoms with E-state index in [0.717, 1.165) is 0 Å². The maximum atomic E-state index is 10.0. The number of aliphatic hydroxyl groups is 1. The summed E-state index contributed by atoms with van der Waals surface area (Å²) in [6, 6.07) is 0. The summed E-state index contributed by atoms with van der Waals surface area (Å²) in [7, 11) is -0.654. The van der Waals surface area contributed by atoms with E-state index < -0.39 is 43.4 Å². The van der Waals surface area contributed by atoms with Crippen LogP contribution in [0.4, 0.5) is 0 Å². The smallest absolute Gasteiger partial charge is 0.194 e. The Morgan fingerprint density at radius 1 is 1.14 bits per heavy atom. The molecule has 6 nitrogen and oxygen atoms in total. The van der Waals surface area contributed by atoms with Gasteiger partial charge in [-0.05, 0) is 38.9 Å². The molecule has 0 aliphatic carbocycles. The number of hydrogen-bond donors (Lipinski definition) is 1. The summed E-state index contributed by atoms with van der Waals surface area (Å²) in [6.45, 7) is 20.2. The van der Waals surface area contributed by atoms with Crippen molar-refractivity contribution in [1.82, 2.24) is 0 Å². The largest absolute Gasteiger partial charge is 0.399 e. The van der Waals surface area contributed by atoms with Crippen LogP contribution in [-0.4, -0.2) is 63.6 Å². The molecule has 0 unspecified atom stereocenters. The summed E-state index contributed by atoms with van der Waals surface area (Å²) >= 11 is 0. The van der Waals surface area contributed by atoms with Crippen molar-refractivity contribution in [3.05, 3.63) is 0 Å². The van der Waals surface area contributed by atoms with Gasteiger partial charge in [-0.3, -0.25) is 0 Å². The maximum Gasteiger partial charge on any atom is 0.194 e. The van der Waals surface area contributed by atoms with Crippen LogP contribution in [0.1, 0.15) is 55.4 Å². The van der Waals surface area contributed by atoms with Crippen LogP contribution in [0.25, 0.3) is 0 Å². The molecule has 0 aromatic carbocycles. The Kier molecular flexibility index (Phi) is 8.20. The predicted octanol–water partition coefficient (Wildman–Crippen LogP) is 3.93. The van der Waals surface area contributed by atoms with Crippen LogP contribution in [0.3, 0.4) is 0 Å². The van der Waals surface area contributed by atoms with E-state index in [9.17, 15) is 5.11 Å². The van der Waals surface area contributed by atoms with E-state index >= 15 is 0 Å². The van der Waals surface area contributed by atoms with Crippen molar-refractivity contribution in [2.24, 2.45) is 5.41 Å². The fourth-order valence-electron chi connectivity index (χ4n) is 3.29. The highest BCUT2D eigenvalue weighted by Gasteiger charge is 2.58. The molecular formula is C22H42O6Si. The molecule has 1 aliphatic rings. The minimum Gasteiger partial charge on any atom is -0.399 e. The third-order valence-electron chi connectivity index (χ3n) is 6.07. The lowest BCUT2D eigenvalue weighted by molar-refractivity contribution is -0.193. The third kappa shape index (κ3) is 6.04. The van der Waals surface area contributed by atoms with Crippen molar-refractivity contribution in [3.8, 4) is 12.3 Å². The van der Waals surface area contributed by atoms with Crippen LogP contribution in [0.15, 0.2) is 0 Å². The molecule has 0 aromatic heterocycles. The van der Waals surface area contributed by atoms with E-state index in [-0.39, 0.29) is 18.4 Å². The molecule has 29 heavy (non-hydrogen) atoms. The quantitative estimate of drug-likeness (QED) is 0.340. The Balaban J connectivity index is 3.41. The second kappa shape index (κ2) is 8.95. The summed E-state index contributed by atoms with van der Waals surface area (Å²) in [6.07, 6.45) is 4.38. The van der Waals surface area contributed by atoms with Gasteiger partial charge in [0.1, 0.15) is 24.6 Å². The van der Waals surface area contributed by atoms with Crippen LogP contribution < -0.4 is 0 Å². The first-order valence-corrected chi connectivity index (χ1v) is 13.1. The molecule has 0 spiro atoms. The molecule has 1 heterocycles. The number of methoxy groups -OCH3 is 1. The molecule has 1 aliphatic heterocycles. The summed E-state index contributed by atoms with van der Waals surface area (Å²) in [5.74, 6) is 1.98. The normalized spacial score (nSPS) is 26.0. The topological polar surface area (TPSA) is 66.4 Å². The molecule has 0 aromatic rings. The summed E-state index contributed by atoms with van der Waals surface area (Å²) in [5.41, 5.74) is -1.64. The van der Waals surface area contributed by atoms with Crippen molar-refractivity contribution < 1.29 is 28.5 Å². The molecule has 1 saturated heterocycles. The van der Waals surface area contributed by atoms with Gasteiger partial charge in [0.2, 0.25) is 0 Å². The molecule has 1 fully saturated rings. The molecule has 170 valence electrons. The number of ether oxygens (including phenoxy) is 4. The lowest BCUT2D eigenvalue weighted by Gasteiger charge is -2.46. The molecular weight excluding hydrogens is 388 g/mol. The van der Waals surface area contributed by atoms with Gasteiger partial charge in [0.25, 0.3) is 0 Å². The SMILES string of the molecule is C#C[C@@](C)(O[Si](C)(C)C(C)(C)C)[C@@H]1OC(C)(C)O[C@@H]1[C@@H](OCOC)C(C)(C)CO. The second-order valence-electron chi connectivity index (χ2n) is 10.8. The molecule has 1 rings (SSSR count). The summed E-state index contributed by atoms with van der Waals surface area (Å²) < 4.78 is 30.4. The average Bonchev–Trinajstić information content (AvgIpc) is 2.89. The first-order chi connectivity index (χ1) is 13.0. The Morgan fingerprint density at radius 3 is 2.10 bits per heavy atom. The van der Waals surface area contributed by atoms with Crippen molar-refractivity contribution in [2.75, 3.05) is 20.5 Å². The van der Waals surface area contributed by atoms with Gasteiger partial charge in [-0.2, -0.15) is 0 Å². The minimum atomic E-state index is -2.21. The van der Waals surface area contributed by atoms with Crippen molar-refractivity contribution in [3.63, 3.8) is 0 Å². The van der Waals surface area contributed by atoms with Crippen LogP contribution in [0.5, 0.6) is 0 Å². The Bertz CT molecular complexity index is 589. The number of rotatable bonds is 9. The van der Waals surface area contributed by atoms with Gasteiger partial charge in [0, 0.05) is 12.5 Å². The number of terminal acetylenes is 1. The zero-order valence-electron chi connectivity index (χ0n) is 20.2. The van der Waals surface area contributed by atoms with Gasteiger partial charge in [-0.1, -0.05) is 40.5 Å². The molecule has 0 bridgehead atoms. The van der Waals surface area contributed by atoms with Gasteiger partial charge in [-0.25, -0.2) is 0 Å². The van der Waals surface area contributed by atoms with Gasteiger partial charge < -0.3 is 28.5 Å². The molecule has 0 amide bonds. The van der Waals surface area contributed by atoms with Crippen molar-refractivity contribution in [2.45, 2.75) is 103 Å². The van der Waals surface area contributed by atoms with Crippen LogP contribution in [-0.2, 0) is 23.4 Å². The Morgan fingerprint density at radius 2 is 1.69 bits per heavy atom. The van der Waals surface area contributed by atoms with Crippen molar-refractivity contribution in [1.29, 1.82) is 0 Å². The lowest BCUT2D eigenvalue weighted by Crippen LogP contribution is -2.59. The highest BCUT2D eigenvalue weighted by Crippen LogP contribution is 2.45. The third-order valence-corrected chi connectivity index (χ3v) is 10.6. The molecule has 4 atom stereocenters. The van der Waals surface area contributed by atoms with E-state index in [1.165, 1.54) is 0 Å². The van der Waals surface area contributed by atoms with Crippen molar-refractivity contribution >= 4 is 8.32 Å². The predicted molar refractivity (Wildman–Crippen MR) is 117 cm³/mol. The average molecular weight is 431 g/mol. The zero-order valence-corrected chi connectivity index (χ0v) is 21.2. The first kappa shape index (κ1) is 26.6. The van der Waals surface area contributed by atoms with Gasteiger partial charge in [0.05, 0.1) is 12.7 Å². The lowest BCUT2D eigenvalue weighted by atomic mass is 9.80. The van der Waals surface area contributed by atoms with E-state index in [1.807, 2.05) is 34.6 Å². The van der Waals surface area contributed by atoms with Crippen LogP contribution in [0.2, 0.25) is 18.1 Å². The zero-order chi connectivity index (χ0) is 22.9. The van der Waals surface area contributed by atoms with Gasteiger partial charge in [0.15, 0.2) is 14.1 Å². The monoisotopic (exact) mass is 430 g/mol. The van der Waals surface area contributed by atoms with Crippen LogP contribution in [0, 0.1) is 17.8 Å². The second-order valence-corrected chi connectivity index (χ2v) is 15.5. The summed E-state index contributed by atoms with van der Waals surface area (Å²) in [4.78, 5) is 0. The van der Waals surface area contributed by atoms with Crippen LogP contribution >= 0.6 is 0 Å². The molecule has 0 radical (unpaired) electrons. The van der Waals surface area contributed by atoms with E-state index in [2.05, 4.69) is 39.8 Å². The minimum absolute atomic E-state index is 0.0219.